The molecule has 0 bridgehead atoms. The van der Waals surface area contributed by atoms with Crippen molar-refractivity contribution in [1.82, 2.24) is 19.5 Å². The third kappa shape index (κ3) is 3.32. The molecule has 6 nitrogen and oxygen atoms in total. The Labute approximate surface area is 179 Å². The summed E-state index contributed by atoms with van der Waals surface area (Å²) < 4.78 is 1.92. The summed E-state index contributed by atoms with van der Waals surface area (Å²) in [5.41, 5.74) is 8.04. The van der Waals surface area contributed by atoms with Crippen LogP contribution in [0.5, 0.6) is 0 Å². The maximum Gasteiger partial charge on any atom is 0.255 e. The molecule has 1 N–H and O–H groups in total. The zero-order valence-corrected chi connectivity index (χ0v) is 18.2. The van der Waals surface area contributed by atoms with Crippen molar-refractivity contribution in [3.8, 4) is 11.4 Å². The van der Waals surface area contributed by atoms with Crippen LogP contribution in [-0.2, 0) is 7.05 Å². The highest BCUT2D eigenvalue weighted by Gasteiger charge is 2.18. The SMILES string of the molecule is Bc1c(B)c(C(=O)Nc2cc3cc(-c4cncn4C)ncc3cn2)c(B)c(B)c1C. The lowest BCUT2D eigenvalue weighted by Gasteiger charge is -2.19. The largest absolute Gasteiger partial charge is 0.332 e. The number of rotatable bonds is 3. The van der Waals surface area contributed by atoms with E-state index in [2.05, 4.69) is 42.9 Å². The van der Waals surface area contributed by atoms with Crippen molar-refractivity contribution in [2.45, 2.75) is 6.92 Å². The molecule has 0 spiro atoms. The Morgan fingerprint density at radius 2 is 1.60 bits per heavy atom. The molecule has 0 radical (unpaired) electrons. The lowest BCUT2D eigenvalue weighted by molar-refractivity contribution is 0.102. The minimum Gasteiger partial charge on any atom is -0.332 e. The van der Waals surface area contributed by atoms with E-state index in [9.17, 15) is 4.79 Å². The van der Waals surface area contributed by atoms with Crippen molar-refractivity contribution >= 4 is 75.7 Å². The van der Waals surface area contributed by atoms with E-state index in [-0.39, 0.29) is 5.91 Å². The molecule has 1 aromatic carbocycles. The van der Waals surface area contributed by atoms with Gasteiger partial charge in [-0.1, -0.05) is 27.4 Å². The van der Waals surface area contributed by atoms with Gasteiger partial charge in [-0.3, -0.25) is 9.78 Å². The van der Waals surface area contributed by atoms with E-state index in [1.54, 1.807) is 24.9 Å². The molecule has 30 heavy (non-hydrogen) atoms. The predicted molar refractivity (Wildman–Crippen MR) is 134 cm³/mol. The Morgan fingerprint density at radius 1 is 0.933 bits per heavy atom. The van der Waals surface area contributed by atoms with Gasteiger partial charge >= 0.3 is 0 Å². The van der Waals surface area contributed by atoms with E-state index < -0.39 is 0 Å². The number of hydrogen-bond acceptors (Lipinski definition) is 4. The van der Waals surface area contributed by atoms with Crippen LogP contribution in [0.25, 0.3) is 22.2 Å². The highest BCUT2D eigenvalue weighted by Crippen LogP contribution is 2.22. The Bertz CT molecular complexity index is 1290. The number of fused-ring (bicyclic) bond motifs is 1. The number of imidazole rings is 1. The highest BCUT2D eigenvalue weighted by molar-refractivity contribution is 6.60. The predicted octanol–water partition coefficient (Wildman–Crippen LogP) is -3.38. The molecule has 4 rings (SSSR count). The summed E-state index contributed by atoms with van der Waals surface area (Å²) in [4.78, 5) is 26.2. The number of pyridine rings is 2. The lowest BCUT2D eigenvalue weighted by Crippen LogP contribution is -2.49. The normalized spacial score (nSPS) is 11.0. The summed E-state index contributed by atoms with van der Waals surface area (Å²) in [6, 6.07) is 3.87. The molecule has 0 unspecified atom stereocenters. The van der Waals surface area contributed by atoms with Crippen LogP contribution in [0.15, 0.2) is 37.1 Å². The van der Waals surface area contributed by atoms with Crippen molar-refractivity contribution in [2.75, 3.05) is 5.32 Å². The van der Waals surface area contributed by atoms with Crippen molar-refractivity contribution in [3.05, 3.63) is 48.2 Å². The van der Waals surface area contributed by atoms with Gasteiger partial charge in [0.05, 0.1) is 23.9 Å². The van der Waals surface area contributed by atoms with Crippen molar-refractivity contribution < 1.29 is 4.79 Å². The molecule has 0 aliphatic rings. The Hall–Kier alpha value is -3.28. The molecule has 4 aromatic rings. The van der Waals surface area contributed by atoms with Crippen LogP contribution in [-0.4, -0.2) is 56.8 Å². The molecule has 3 aromatic heterocycles. The number of aromatic nitrogens is 4. The number of benzene rings is 1. The van der Waals surface area contributed by atoms with Gasteiger partial charge in [0, 0.05) is 30.4 Å². The summed E-state index contributed by atoms with van der Waals surface area (Å²) in [7, 11) is 10.1. The van der Waals surface area contributed by atoms with Crippen molar-refractivity contribution in [2.24, 2.45) is 7.05 Å². The molecule has 0 aliphatic carbocycles. The summed E-state index contributed by atoms with van der Waals surface area (Å²) >= 11 is 0. The zero-order valence-electron chi connectivity index (χ0n) is 18.2. The summed E-state index contributed by atoms with van der Waals surface area (Å²) in [5, 5.41) is 4.85. The molecule has 10 heteroatoms. The lowest BCUT2D eigenvalue weighted by atomic mass is 9.64. The zero-order chi connectivity index (χ0) is 21.6. The molecule has 0 aliphatic heterocycles. The fraction of sp³-hybridized carbons (Fsp3) is 0.100. The van der Waals surface area contributed by atoms with Gasteiger partial charge in [0.2, 0.25) is 0 Å². The average molecular weight is 391 g/mol. The second-order valence-electron chi connectivity index (χ2n) is 7.83. The number of hydrogen-bond donors (Lipinski definition) is 1. The fourth-order valence-electron chi connectivity index (χ4n) is 3.87. The first-order chi connectivity index (χ1) is 14.3. The first-order valence-electron chi connectivity index (χ1n) is 9.88. The monoisotopic (exact) mass is 391 g/mol. The number of nitrogens with one attached hydrogen (secondary N) is 1. The highest BCUT2D eigenvalue weighted by atomic mass is 16.1. The van der Waals surface area contributed by atoms with Crippen LogP contribution < -0.4 is 27.2 Å². The smallest absolute Gasteiger partial charge is 0.255 e. The van der Waals surface area contributed by atoms with Gasteiger partial charge in [-0.05, 0) is 24.4 Å². The topological polar surface area (TPSA) is 72.7 Å². The Morgan fingerprint density at radius 3 is 2.23 bits per heavy atom. The number of anilines is 1. The molecule has 0 saturated carbocycles. The average Bonchev–Trinajstić information content (AvgIpc) is 3.16. The number of amides is 1. The fourth-order valence-corrected chi connectivity index (χ4v) is 3.87. The van der Waals surface area contributed by atoms with Crippen LogP contribution in [0.1, 0.15) is 15.9 Å². The van der Waals surface area contributed by atoms with Crippen LogP contribution in [0, 0.1) is 6.92 Å². The van der Waals surface area contributed by atoms with E-state index >= 15 is 0 Å². The number of aryl methyl sites for hydroxylation is 1. The number of carbonyl (C=O) groups is 1. The molecule has 0 saturated heterocycles. The Kier molecular flexibility index (Phi) is 5.02. The van der Waals surface area contributed by atoms with Gasteiger partial charge in [-0.2, -0.15) is 0 Å². The van der Waals surface area contributed by atoms with E-state index in [0.29, 0.717) is 5.82 Å². The molecule has 1 amide bonds. The summed E-state index contributed by atoms with van der Waals surface area (Å²) in [6.07, 6.45) is 7.05. The molecular formula is C20H21B4N5O. The molecule has 144 valence electrons. The van der Waals surface area contributed by atoms with E-state index in [1.165, 1.54) is 5.56 Å². The third-order valence-corrected chi connectivity index (χ3v) is 6.15. The van der Waals surface area contributed by atoms with Gasteiger partial charge < -0.3 is 9.88 Å². The quantitative estimate of drug-likeness (QED) is 0.371. The minimum atomic E-state index is -0.135. The van der Waals surface area contributed by atoms with Crippen molar-refractivity contribution in [3.63, 3.8) is 0 Å². The van der Waals surface area contributed by atoms with Gasteiger partial charge in [-0.15, -0.1) is 0 Å². The molecule has 3 heterocycles. The van der Waals surface area contributed by atoms with E-state index in [1.807, 2.05) is 39.4 Å². The Balaban J connectivity index is 1.71. The second kappa shape index (κ2) is 7.52. The van der Waals surface area contributed by atoms with Crippen molar-refractivity contribution in [1.29, 1.82) is 0 Å². The first kappa shape index (κ1) is 20.0. The standard InChI is InChI=1S/C20H21B4N5O/c1-9-16(21)18(23)15(19(24)17(9)22)20(30)28-14-4-10-3-12(13-7-25-8-29(13)2)26-5-11(10)6-27-14/h3-8H,21-24H2,1-2H3,(H,27,28,30). The summed E-state index contributed by atoms with van der Waals surface area (Å²) in [6.45, 7) is 2.10. The summed E-state index contributed by atoms with van der Waals surface area (Å²) in [5.74, 6) is 0.383. The van der Waals surface area contributed by atoms with Crippen LogP contribution in [0.2, 0.25) is 0 Å². The van der Waals surface area contributed by atoms with Crippen LogP contribution in [0.3, 0.4) is 0 Å². The molecule has 0 fully saturated rings. The minimum absolute atomic E-state index is 0.135. The maximum atomic E-state index is 13.1. The molecular weight excluding hydrogens is 370 g/mol. The molecule has 0 atom stereocenters. The third-order valence-electron chi connectivity index (χ3n) is 6.15. The second-order valence-corrected chi connectivity index (χ2v) is 7.83. The van der Waals surface area contributed by atoms with E-state index in [0.717, 1.165) is 49.6 Å². The number of carbonyl (C=O) groups excluding carboxylic acids is 1. The van der Waals surface area contributed by atoms with Gasteiger partial charge in [0.25, 0.3) is 5.91 Å². The maximum absolute atomic E-state index is 13.1. The van der Waals surface area contributed by atoms with Crippen LogP contribution >= 0.6 is 0 Å². The van der Waals surface area contributed by atoms with Gasteiger partial charge in [-0.25, -0.2) is 9.97 Å². The first-order valence-corrected chi connectivity index (χ1v) is 9.88. The van der Waals surface area contributed by atoms with E-state index in [4.69, 9.17) is 0 Å². The van der Waals surface area contributed by atoms with Gasteiger partial charge in [0.1, 0.15) is 37.2 Å². The van der Waals surface area contributed by atoms with Crippen LogP contribution in [0.4, 0.5) is 5.82 Å². The van der Waals surface area contributed by atoms with Gasteiger partial charge in [0.15, 0.2) is 0 Å². The number of nitrogens with zero attached hydrogens (tertiary/aromatic N) is 4.